The molecule has 0 radical (unpaired) electrons. The third kappa shape index (κ3) is 4.26. The fraction of sp³-hybridized carbons (Fsp3) is 0.214. The van der Waals surface area contributed by atoms with E-state index in [-0.39, 0.29) is 17.5 Å². The molecule has 8 heteroatoms. The number of thioether (sulfide) groups is 1. The molecule has 1 aromatic heterocycles. The van der Waals surface area contributed by atoms with E-state index in [1.807, 2.05) is 0 Å². The van der Waals surface area contributed by atoms with Gasteiger partial charge in [0.2, 0.25) is 5.91 Å². The van der Waals surface area contributed by atoms with Gasteiger partial charge in [0, 0.05) is 11.8 Å². The molecule has 1 heterocycles. The molecule has 7 nitrogen and oxygen atoms in total. The first-order valence-electron chi connectivity index (χ1n) is 6.49. The van der Waals surface area contributed by atoms with Crippen molar-refractivity contribution in [2.45, 2.75) is 17.3 Å². The predicted octanol–water partition coefficient (Wildman–Crippen LogP) is 1.77. The lowest BCUT2D eigenvalue weighted by atomic mass is 10.3. The number of methoxy groups -OCH3 is 1. The number of hydrogen-bond donors (Lipinski definition) is 3. The van der Waals surface area contributed by atoms with Gasteiger partial charge in [-0.1, -0.05) is 11.8 Å². The van der Waals surface area contributed by atoms with Gasteiger partial charge in [-0.2, -0.15) is 0 Å². The number of benzene rings is 1. The molecule has 2 aromatic rings. The minimum Gasteiger partial charge on any atom is -0.497 e. The number of ether oxygens (including phenoxy) is 1. The first kappa shape index (κ1) is 15.9. The number of carbonyl (C=O) groups excluding carboxylic acids is 1. The highest BCUT2D eigenvalue weighted by atomic mass is 32.2. The summed E-state index contributed by atoms with van der Waals surface area (Å²) in [5, 5.41) is 2.78. The Labute approximate surface area is 132 Å². The summed E-state index contributed by atoms with van der Waals surface area (Å²) in [6.45, 7) is 1.76. The normalized spacial score (nSPS) is 11.7. The Morgan fingerprint density at radius 2 is 1.82 bits per heavy atom. The first-order valence-corrected chi connectivity index (χ1v) is 7.37. The summed E-state index contributed by atoms with van der Waals surface area (Å²) in [5.74, 6) is 1.11. The van der Waals surface area contributed by atoms with Crippen molar-refractivity contribution in [1.82, 2.24) is 9.97 Å². The Kier molecular flexibility index (Phi) is 5.05. The average molecular weight is 319 g/mol. The van der Waals surface area contributed by atoms with E-state index in [0.717, 1.165) is 5.75 Å². The van der Waals surface area contributed by atoms with Crippen molar-refractivity contribution in [3.8, 4) is 5.75 Å². The smallest absolute Gasteiger partial charge is 0.237 e. The van der Waals surface area contributed by atoms with Crippen LogP contribution in [-0.2, 0) is 4.79 Å². The summed E-state index contributed by atoms with van der Waals surface area (Å²) in [6.07, 6.45) is 0. The second-order valence-electron chi connectivity index (χ2n) is 4.48. The maximum Gasteiger partial charge on any atom is 0.237 e. The van der Waals surface area contributed by atoms with E-state index in [4.69, 9.17) is 16.2 Å². The quantitative estimate of drug-likeness (QED) is 0.568. The van der Waals surface area contributed by atoms with Gasteiger partial charge in [0.05, 0.1) is 12.4 Å². The van der Waals surface area contributed by atoms with Gasteiger partial charge in [-0.15, -0.1) is 0 Å². The number of carbonyl (C=O) groups is 1. The maximum atomic E-state index is 12.2. The Morgan fingerprint density at radius 3 is 2.36 bits per heavy atom. The van der Waals surface area contributed by atoms with E-state index >= 15 is 0 Å². The monoisotopic (exact) mass is 319 g/mol. The fourth-order valence-electron chi connectivity index (χ4n) is 1.64. The summed E-state index contributed by atoms with van der Waals surface area (Å²) in [6, 6.07) is 8.54. The number of anilines is 3. The van der Waals surface area contributed by atoms with Crippen molar-refractivity contribution in [3.63, 3.8) is 0 Å². The van der Waals surface area contributed by atoms with Crippen LogP contribution in [0.4, 0.5) is 17.3 Å². The standard InChI is InChI=1S/C14H17N5O2S/c1-8(22-14-18-11(15)7-12(16)19-14)13(20)17-9-3-5-10(21-2)6-4-9/h3-8H,1-2H3,(H,17,20)(H4,15,16,18,19). The zero-order valence-electron chi connectivity index (χ0n) is 12.2. The third-order valence-electron chi connectivity index (χ3n) is 2.75. The van der Waals surface area contributed by atoms with Crippen molar-refractivity contribution < 1.29 is 9.53 Å². The topological polar surface area (TPSA) is 116 Å². The molecule has 1 atom stereocenters. The molecule has 1 amide bonds. The molecule has 1 aromatic carbocycles. The van der Waals surface area contributed by atoms with Gasteiger partial charge in [-0.05, 0) is 31.2 Å². The largest absolute Gasteiger partial charge is 0.497 e. The molecule has 2 rings (SSSR count). The van der Waals surface area contributed by atoms with Crippen molar-refractivity contribution in [1.29, 1.82) is 0 Å². The lowest BCUT2D eigenvalue weighted by Gasteiger charge is -2.12. The summed E-state index contributed by atoms with van der Waals surface area (Å²) in [7, 11) is 1.59. The summed E-state index contributed by atoms with van der Waals surface area (Å²) in [5.41, 5.74) is 11.9. The molecule has 0 bridgehead atoms. The van der Waals surface area contributed by atoms with E-state index in [0.29, 0.717) is 10.8 Å². The number of nitrogens with one attached hydrogen (secondary N) is 1. The number of aromatic nitrogens is 2. The molecule has 0 aliphatic heterocycles. The number of nitrogens with zero attached hydrogens (tertiary/aromatic N) is 2. The van der Waals surface area contributed by atoms with E-state index in [2.05, 4.69) is 15.3 Å². The second-order valence-corrected chi connectivity index (χ2v) is 5.79. The summed E-state index contributed by atoms with van der Waals surface area (Å²) < 4.78 is 5.07. The molecule has 0 spiro atoms. The lowest BCUT2D eigenvalue weighted by Crippen LogP contribution is -2.22. The molecule has 0 aliphatic rings. The van der Waals surface area contributed by atoms with E-state index < -0.39 is 5.25 Å². The number of rotatable bonds is 5. The zero-order chi connectivity index (χ0) is 16.1. The van der Waals surface area contributed by atoms with Crippen LogP contribution in [0.3, 0.4) is 0 Å². The number of hydrogen-bond acceptors (Lipinski definition) is 7. The van der Waals surface area contributed by atoms with Crippen LogP contribution < -0.4 is 21.5 Å². The van der Waals surface area contributed by atoms with Gasteiger partial charge in [-0.3, -0.25) is 4.79 Å². The number of nitrogen functional groups attached to an aromatic ring is 2. The summed E-state index contributed by atoms with van der Waals surface area (Å²) >= 11 is 1.19. The van der Waals surface area contributed by atoms with Gasteiger partial charge < -0.3 is 21.5 Å². The van der Waals surface area contributed by atoms with Crippen molar-refractivity contribution >= 4 is 35.0 Å². The molecular formula is C14H17N5O2S. The van der Waals surface area contributed by atoms with Crippen LogP contribution in [0.2, 0.25) is 0 Å². The van der Waals surface area contributed by atoms with Crippen LogP contribution in [0.5, 0.6) is 5.75 Å². The Balaban J connectivity index is 1.99. The van der Waals surface area contributed by atoms with Crippen LogP contribution in [0.15, 0.2) is 35.5 Å². The van der Waals surface area contributed by atoms with Gasteiger partial charge in [0.15, 0.2) is 5.16 Å². The van der Waals surface area contributed by atoms with Crippen molar-refractivity contribution in [2.75, 3.05) is 23.9 Å². The van der Waals surface area contributed by atoms with Crippen LogP contribution >= 0.6 is 11.8 Å². The molecule has 0 aliphatic carbocycles. The SMILES string of the molecule is COc1ccc(NC(=O)C(C)Sc2nc(N)cc(N)n2)cc1. The van der Waals surface area contributed by atoms with Crippen molar-refractivity contribution in [3.05, 3.63) is 30.3 Å². The van der Waals surface area contributed by atoms with Gasteiger partial charge in [0.25, 0.3) is 0 Å². The van der Waals surface area contributed by atoms with Gasteiger partial charge in [0.1, 0.15) is 17.4 Å². The zero-order valence-corrected chi connectivity index (χ0v) is 13.1. The van der Waals surface area contributed by atoms with Crippen LogP contribution in [0, 0.1) is 0 Å². The predicted molar refractivity (Wildman–Crippen MR) is 87.8 cm³/mol. The molecule has 5 N–H and O–H groups in total. The van der Waals surface area contributed by atoms with E-state index in [9.17, 15) is 4.79 Å². The first-order chi connectivity index (χ1) is 10.5. The third-order valence-corrected chi connectivity index (χ3v) is 3.72. The van der Waals surface area contributed by atoms with Gasteiger partial charge >= 0.3 is 0 Å². The Morgan fingerprint density at radius 1 is 1.23 bits per heavy atom. The Bertz CT molecular complexity index is 643. The highest BCUT2D eigenvalue weighted by Gasteiger charge is 2.16. The Hall–Kier alpha value is -2.48. The molecule has 0 saturated heterocycles. The van der Waals surface area contributed by atoms with Gasteiger partial charge in [-0.25, -0.2) is 9.97 Å². The fourth-order valence-corrected chi connectivity index (χ4v) is 2.44. The minimum absolute atomic E-state index is 0.167. The average Bonchev–Trinajstić information content (AvgIpc) is 2.46. The number of nitrogens with two attached hydrogens (primary N) is 2. The maximum absolute atomic E-state index is 12.2. The highest BCUT2D eigenvalue weighted by molar-refractivity contribution is 8.00. The van der Waals surface area contributed by atoms with E-state index in [1.165, 1.54) is 17.8 Å². The molecule has 0 fully saturated rings. The molecular weight excluding hydrogens is 302 g/mol. The van der Waals surface area contributed by atoms with Crippen LogP contribution in [0.1, 0.15) is 6.92 Å². The lowest BCUT2D eigenvalue weighted by molar-refractivity contribution is -0.115. The minimum atomic E-state index is -0.400. The second kappa shape index (κ2) is 6.99. The molecule has 1 unspecified atom stereocenters. The van der Waals surface area contributed by atoms with E-state index in [1.54, 1.807) is 38.3 Å². The van der Waals surface area contributed by atoms with Crippen LogP contribution in [-0.4, -0.2) is 28.2 Å². The molecule has 116 valence electrons. The molecule has 22 heavy (non-hydrogen) atoms. The molecule has 0 saturated carbocycles. The summed E-state index contributed by atoms with van der Waals surface area (Å²) in [4.78, 5) is 20.2. The number of amides is 1. The van der Waals surface area contributed by atoms with Crippen molar-refractivity contribution in [2.24, 2.45) is 0 Å². The highest BCUT2D eigenvalue weighted by Crippen LogP contribution is 2.23. The van der Waals surface area contributed by atoms with Crippen LogP contribution in [0.25, 0.3) is 0 Å².